The summed E-state index contributed by atoms with van der Waals surface area (Å²) in [6.45, 7) is 0. The normalized spacial score (nSPS) is 10.7. The van der Waals surface area contributed by atoms with Gasteiger partial charge in [0.25, 0.3) is 11.4 Å². The summed E-state index contributed by atoms with van der Waals surface area (Å²) in [5, 5.41) is 23.0. The number of hydrogen-bond donors (Lipinski definition) is 0. The molecule has 5 aromatic carbocycles. The van der Waals surface area contributed by atoms with Crippen molar-refractivity contribution in [2.45, 2.75) is 0 Å². The second-order valence-electron chi connectivity index (χ2n) is 9.97. The minimum atomic E-state index is -0.456. The SMILES string of the molecule is COc1ccc(N(c2ccc([N+](=O)[O-])cc2)c2nc3ccccc3nc2N(c2ccc(OC)cc2)c2ccc([N+](=O)[O-])cc2)cc1. The van der Waals surface area contributed by atoms with Crippen molar-refractivity contribution in [3.05, 3.63) is 142 Å². The number of benzene rings is 5. The van der Waals surface area contributed by atoms with Crippen LogP contribution in [0.4, 0.5) is 45.8 Å². The minimum absolute atomic E-state index is 0.0611. The van der Waals surface area contributed by atoms with Crippen LogP contribution in [0.15, 0.2) is 121 Å². The Morgan fingerprint density at radius 1 is 0.500 bits per heavy atom. The lowest BCUT2D eigenvalue weighted by Gasteiger charge is -2.31. The van der Waals surface area contributed by atoms with E-state index >= 15 is 0 Å². The van der Waals surface area contributed by atoms with Crippen LogP contribution >= 0.6 is 0 Å². The van der Waals surface area contributed by atoms with Gasteiger partial charge in [-0.25, -0.2) is 9.97 Å². The molecule has 0 aliphatic carbocycles. The molecule has 0 N–H and O–H groups in total. The fourth-order valence-corrected chi connectivity index (χ4v) is 4.98. The zero-order valence-electron chi connectivity index (χ0n) is 24.7. The molecule has 0 radical (unpaired) electrons. The second kappa shape index (κ2) is 12.6. The average molecular weight is 615 g/mol. The lowest BCUT2D eigenvalue weighted by molar-refractivity contribution is -0.385. The zero-order chi connectivity index (χ0) is 32.2. The van der Waals surface area contributed by atoms with E-state index in [4.69, 9.17) is 19.4 Å². The van der Waals surface area contributed by atoms with E-state index in [-0.39, 0.29) is 11.4 Å². The van der Waals surface area contributed by atoms with E-state index in [0.29, 0.717) is 56.9 Å². The number of para-hydroxylation sites is 2. The minimum Gasteiger partial charge on any atom is -0.497 e. The molecule has 0 fully saturated rings. The second-order valence-corrected chi connectivity index (χ2v) is 9.97. The quantitative estimate of drug-likeness (QED) is 0.109. The first-order valence-corrected chi connectivity index (χ1v) is 14.0. The van der Waals surface area contributed by atoms with Crippen molar-refractivity contribution in [3.63, 3.8) is 0 Å². The van der Waals surface area contributed by atoms with Crippen molar-refractivity contribution in [1.29, 1.82) is 0 Å². The molecule has 0 spiro atoms. The number of nitro benzene ring substituents is 2. The summed E-state index contributed by atoms with van der Waals surface area (Å²) in [6.07, 6.45) is 0. The molecule has 0 saturated carbocycles. The van der Waals surface area contributed by atoms with Crippen LogP contribution in [0.1, 0.15) is 0 Å². The van der Waals surface area contributed by atoms with E-state index in [1.807, 2.05) is 58.3 Å². The summed E-state index contributed by atoms with van der Waals surface area (Å²) >= 11 is 0. The molecule has 6 rings (SSSR count). The van der Waals surface area contributed by atoms with Gasteiger partial charge in [0.1, 0.15) is 11.5 Å². The first-order chi connectivity index (χ1) is 22.4. The van der Waals surface area contributed by atoms with Gasteiger partial charge in [-0.2, -0.15) is 0 Å². The van der Waals surface area contributed by atoms with Gasteiger partial charge in [-0.1, -0.05) is 12.1 Å². The van der Waals surface area contributed by atoms with Crippen molar-refractivity contribution < 1.29 is 19.3 Å². The molecule has 0 atom stereocenters. The van der Waals surface area contributed by atoms with Crippen LogP contribution in [0.25, 0.3) is 11.0 Å². The van der Waals surface area contributed by atoms with Gasteiger partial charge in [0.15, 0.2) is 11.6 Å². The highest BCUT2D eigenvalue weighted by atomic mass is 16.6. The first-order valence-electron chi connectivity index (χ1n) is 14.0. The summed E-state index contributed by atoms with van der Waals surface area (Å²) in [4.78, 5) is 36.0. The lowest BCUT2D eigenvalue weighted by Crippen LogP contribution is -2.20. The molecule has 12 nitrogen and oxygen atoms in total. The summed E-state index contributed by atoms with van der Waals surface area (Å²) in [6, 6.07) is 34.3. The Morgan fingerprint density at radius 2 is 0.804 bits per heavy atom. The fourth-order valence-electron chi connectivity index (χ4n) is 4.98. The maximum absolute atomic E-state index is 11.5. The van der Waals surface area contributed by atoms with Gasteiger partial charge in [-0.15, -0.1) is 0 Å². The molecule has 12 heteroatoms. The molecule has 228 valence electrons. The van der Waals surface area contributed by atoms with E-state index in [9.17, 15) is 20.2 Å². The third-order valence-corrected chi connectivity index (χ3v) is 7.26. The molecule has 1 heterocycles. The third kappa shape index (κ3) is 5.82. The highest BCUT2D eigenvalue weighted by Gasteiger charge is 2.27. The molecular weight excluding hydrogens is 588 g/mol. The average Bonchev–Trinajstić information content (AvgIpc) is 3.09. The number of non-ortho nitro benzene ring substituents is 2. The number of aromatic nitrogens is 2. The first kappa shape index (κ1) is 29.5. The van der Waals surface area contributed by atoms with Crippen LogP contribution in [-0.2, 0) is 0 Å². The smallest absolute Gasteiger partial charge is 0.269 e. The predicted octanol–water partition coefficient (Wildman–Crippen LogP) is 8.40. The Balaban J connectivity index is 1.65. The highest BCUT2D eigenvalue weighted by molar-refractivity contribution is 5.92. The molecule has 0 aliphatic rings. The van der Waals surface area contributed by atoms with Gasteiger partial charge in [0, 0.05) is 47.0 Å². The van der Waals surface area contributed by atoms with E-state index in [1.54, 1.807) is 62.8 Å². The molecule has 1 aromatic heterocycles. The van der Waals surface area contributed by atoms with E-state index in [2.05, 4.69) is 0 Å². The Bertz CT molecular complexity index is 1870. The maximum Gasteiger partial charge on any atom is 0.269 e. The van der Waals surface area contributed by atoms with Crippen LogP contribution < -0.4 is 19.3 Å². The fraction of sp³-hybridized carbons (Fsp3) is 0.0588. The summed E-state index contributed by atoms with van der Waals surface area (Å²) in [5.74, 6) is 2.07. The summed E-state index contributed by atoms with van der Waals surface area (Å²) in [5.41, 5.74) is 3.63. The number of hydrogen-bond acceptors (Lipinski definition) is 10. The molecule has 0 amide bonds. The third-order valence-electron chi connectivity index (χ3n) is 7.26. The Hall–Kier alpha value is -6.56. The van der Waals surface area contributed by atoms with Gasteiger partial charge >= 0.3 is 0 Å². The van der Waals surface area contributed by atoms with Crippen molar-refractivity contribution in [2.75, 3.05) is 24.0 Å². The lowest BCUT2D eigenvalue weighted by atomic mass is 10.1. The maximum atomic E-state index is 11.5. The van der Waals surface area contributed by atoms with Crippen LogP contribution in [0.3, 0.4) is 0 Å². The van der Waals surface area contributed by atoms with Crippen LogP contribution in [0.2, 0.25) is 0 Å². The largest absolute Gasteiger partial charge is 0.497 e. The summed E-state index contributed by atoms with van der Waals surface area (Å²) in [7, 11) is 3.15. The van der Waals surface area contributed by atoms with Crippen molar-refractivity contribution in [2.24, 2.45) is 0 Å². The number of methoxy groups -OCH3 is 2. The number of nitro groups is 2. The number of rotatable bonds is 10. The zero-order valence-corrected chi connectivity index (χ0v) is 24.7. The number of anilines is 6. The van der Waals surface area contributed by atoms with E-state index < -0.39 is 9.85 Å². The van der Waals surface area contributed by atoms with Gasteiger partial charge in [-0.05, 0) is 84.9 Å². The number of nitrogens with zero attached hydrogens (tertiary/aromatic N) is 6. The van der Waals surface area contributed by atoms with Gasteiger partial charge in [0.05, 0.1) is 35.1 Å². The van der Waals surface area contributed by atoms with Crippen molar-refractivity contribution in [1.82, 2.24) is 9.97 Å². The van der Waals surface area contributed by atoms with Gasteiger partial charge in [0.2, 0.25) is 0 Å². The van der Waals surface area contributed by atoms with Crippen LogP contribution in [-0.4, -0.2) is 34.0 Å². The van der Waals surface area contributed by atoms with Crippen LogP contribution in [0, 0.1) is 20.2 Å². The molecule has 0 aliphatic heterocycles. The molecule has 6 aromatic rings. The van der Waals surface area contributed by atoms with Gasteiger partial charge in [-0.3, -0.25) is 30.0 Å². The molecule has 0 unspecified atom stereocenters. The van der Waals surface area contributed by atoms with E-state index in [0.717, 1.165) is 0 Å². The Morgan fingerprint density at radius 3 is 1.09 bits per heavy atom. The highest BCUT2D eigenvalue weighted by Crippen LogP contribution is 2.45. The molecule has 0 bridgehead atoms. The Kier molecular flexibility index (Phi) is 8.07. The van der Waals surface area contributed by atoms with Crippen molar-refractivity contribution in [3.8, 4) is 11.5 Å². The monoisotopic (exact) mass is 614 g/mol. The van der Waals surface area contributed by atoms with Gasteiger partial charge < -0.3 is 9.47 Å². The topological polar surface area (TPSA) is 137 Å². The Labute approximate surface area is 263 Å². The van der Waals surface area contributed by atoms with E-state index in [1.165, 1.54) is 24.3 Å². The number of fused-ring (bicyclic) bond motifs is 1. The van der Waals surface area contributed by atoms with Crippen molar-refractivity contribution >= 4 is 56.8 Å². The predicted molar refractivity (Wildman–Crippen MR) is 175 cm³/mol. The molecular formula is C34H26N6O6. The number of ether oxygens (including phenoxy) is 2. The standard InChI is InChI=1S/C34H26N6O6/c1-45-29-19-15-25(16-20-29)37(23-7-11-27(12-8-23)39(41)42)33-34(36-32-6-4-3-5-31(32)35-33)38(26-17-21-30(46-2)22-18-26)24-9-13-28(14-10-24)40(43)44/h3-22H,1-2H3. The summed E-state index contributed by atoms with van der Waals surface area (Å²) < 4.78 is 10.8. The van der Waals surface area contributed by atoms with Crippen LogP contribution in [0.5, 0.6) is 11.5 Å². The molecule has 46 heavy (non-hydrogen) atoms. The molecule has 0 saturated heterocycles.